The zero-order chi connectivity index (χ0) is 16.5. The van der Waals surface area contributed by atoms with Crippen LogP contribution >= 0.6 is 0 Å². The highest BCUT2D eigenvalue weighted by Gasteiger charge is 2.50. The van der Waals surface area contributed by atoms with Crippen LogP contribution in [0.15, 0.2) is 0 Å². The van der Waals surface area contributed by atoms with E-state index >= 15 is 0 Å². The Kier molecular flexibility index (Phi) is 5.50. The Labute approximate surface area is 132 Å². The van der Waals surface area contributed by atoms with E-state index < -0.39 is 16.2 Å². The first-order valence-electron chi connectivity index (χ1n) is 7.90. The molecular formula is C15H26O6S. The molecule has 7 heteroatoms. The van der Waals surface area contributed by atoms with Gasteiger partial charge in [0.25, 0.3) is 10.1 Å². The largest absolute Gasteiger partial charge is 0.463 e. The van der Waals surface area contributed by atoms with Crippen molar-refractivity contribution in [3.63, 3.8) is 0 Å². The Bertz CT molecular complexity index is 500. The third-order valence-corrected chi connectivity index (χ3v) is 6.06. The summed E-state index contributed by atoms with van der Waals surface area (Å²) in [6.07, 6.45) is 0.160. The lowest BCUT2D eigenvalue weighted by Gasteiger charge is -2.30. The van der Waals surface area contributed by atoms with Crippen molar-refractivity contribution in [1.29, 1.82) is 0 Å². The topological polar surface area (TPSA) is 78.9 Å². The van der Waals surface area contributed by atoms with Crippen LogP contribution in [-0.4, -0.2) is 45.6 Å². The van der Waals surface area contributed by atoms with E-state index in [2.05, 4.69) is 0 Å². The van der Waals surface area contributed by atoms with Crippen LogP contribution in [0.4, 0.5) is 0 Å². The molecule has 0 radical (unpaired) electrons. The predicted molar refractivity (Wildman–Crippen MR) is 80.6 cm³/mol. The maximum Gasteiger partial charge on any atom is 0.308 e. The van der Waals surface area contributed by atoms with Gasteiger partial charge in [0, 0.05) is 5.92 Å². The number of carbonyl (C=O) groups is 1. The average Bonchev–Trinajstić information content (AvgIpc) is 2.60. The van der Waals surface area contributed by atoms with Crippen LogP contribution in [0.3, 0.4) is 0 Å². The van der Waals surface area contributed by atoms with E-state index in [1.165, 1.54) is 0 Å². The van der Waals surface area contributed by atoms with Crippen molar-refractivity contribution in [2.75, 3.05) is 19.0 Å². The number of hydrogen-bond acceptors (Lipinski definition) is 6. The lowest BCUT2D eigenvalue weighted by Crippen LogP contribution is -2.43. The second-order valence-corrected chi connectivity index (χ2v) is 8.43. The molecule has 5 atom stereocenters. The van der Waals surface area contributed by atoms with E-state index in [-0.39, 0.29) is 54.7 Å². The molecule has 1 saturated heterocycles. The molecular weight excluding hydrogens is 308 g/mol. The van der Waals surface area contributed by atoms with Gasteiger partial charge in [0.1, 0.15) is 12.7 Å². The van der Waals surface area contributed by atoms with Gasteiger partial charge >= 0.3 is 5.97 Å². The summed E-state index contributed by atoms with van der Waals surface area (Å²) in [7, 11) is -3.41. The molecule has 2 rings (SSSR count). The minimum Gasteiger partial charge on any atom is -0.463 e. The number of carbonyl (C=O) groups excluding carboxylic acids is 1. The molecule has 5 unspecified atom stereocenters. The van der Waals surface area contributed by atoms with E-state index in [1.807, 2.05) is 27.7 Å². The van der Waals surface area contributed by atoms with E-state index in [4.69, 9.17) is 13.7 Å². The number of ether oxygens (including phenoxy) is 2. The van der Waals surface area contributed by atoms with E-state index in [0.29, 0.717) is 0 Å². The van der Waals surface area contributed by atoms with Gasteiger partial charge in [-0.3, -0.25) is 8.98 Å². The zero-order valence-electron chi connectivity index (χ0n) is 13.7. The maximum atomic E-state index is 11.7. The van der Waals surface area contributed by atoms with E-state index in [9.17, 15) is 13.2 Å². The number of fused-ring (bicyclic) bond motifs is 2. The van der Waals surface area contributed by atoms with Crippen molar-refractivity contribution in [2.24, 2.45) is 23.7 Å². The Hall–Kier alpha value is -0.660. The molecule has 128 valence electrons. The maximum absolute atomic E-state index is 11.7. The van der Waals surface area contributed by atoms with Crippen molar-refractivity contribution in [1.82, 2.24) is 0 Å². The minimum atomic E-state index is -3.41. The third-order valence-electron chi connectivity index (χ3n) is 4.71. The van der Waals surface area contributed by atoms with Gasteiger partial charge in [-0.2, -0.15) is 8.42 Å². The lowest BCUT2D eigenvalue weighted by molar-refractivity contribution is -0.152. The molecule has 0 aromatic heterocycles. The summed E-state index contributed by atoms with van der Waals surface area (Å²) in [5.74, 6) is 0.0292. The molecule has 0 N–H and O–H groups in total. The fourth-order valence-corrected chi connectivity index (χ4v) is 4.65. The van der Waals surface area contributed by atoms with Crippen molar-refractivity contribution in [3.05, 3.63) is 0 Å². The quantitative estimate of drug-likeness (QED) is 0.417. The van der Waals surface area contributed by atoms with E-state index in [0.717, 1.165) is 6.42 Å². The Balaban J connectivity index is 1.78. The Morgan fingerprint density at radius 2 is 1.95 bits per heavy atom. The highest BCUT2D eigenvalue weighted by molar-refractivity contribution is 7.86. The van der Waals surface area contributed by atoms with Crippen LogP contribution in [0.5, 0.6) is 0 Å². The van der Waals surface area contributed by atoms with Crippen LogP contribution in [0, 0.1) is 23.7 Å². The molecule has 2 bridgehead atoms. The number of rotatable bonds is 6. The normalized spacial score (nSPS) is 34.6. The summed E-state index contributed by atoms with van der Waals surface area (Å²) in [6, 6.07) is 0. The van der Waals surface area contributed by atoms with Gasteiger partial charge < -0.3 is 9.47 Å². The molecule has 0 spiro atoms. The van der Waals surface area contributed by atoms with Crippen LogP contribution in [0.2, 0.25) is 0 Å². The van der Waals surface area contributed by atoms with Gasteiger partial charge in [-0.05, 0) is 18.3 Å². The molecule has 1 aliphatic heterocycles. The third kappa shape index (κ3) is 4.00. The standard InChI is InChI=1S/C15H26O6S/c1-9(2)11(4)15(16)20-6-5-19-14-12-7-10(3)13(14)21-22(17,18)8-12/h9-14H,5-8H2,1-4H3. The summed E-state index contributed by atoms with van der Waals surface area (Å²) in [5, 5.41) is 0. The van der Waals surface area contributed by atoms with E-state index in [1.54, 1.807) is 0 Å². The second-order valence-electron chi connectivity index (χ2n) is 6.79. The van der Waals surface area contributed by atoms with Gasteiger partial charge in [-0.1, -0.05) is 27.7 Å². The summed E-state index contributed by atoms with van der Waals surface area (Å²) in [6.45, 7) is 8.22. The van der Waals surface area contributed by atoms with Crippen LogP contribution in [-0.2, 0) is 28.6 Å². The zero-order valence-corrected chi connectivity index (χ0v) is 14.5. The summed E-state index contributed by atoms with van der Waals surface area (Å²) < 4.78 is 39.4. The number of hydrogen-bond donors (Lipinski definition) is 0. The summed E-state index contributed by atoms with van der Waals surface area (Å²) >= 11 is 0. The lowest BCUT2D eigenvalue weighted by atomic mass is 9.99. The number of esters is 1. The van der Waals surface area contributed by atoms with Crippen LogP contribution < -0.4 is 0 Å². The van der Waals surface area contributed by atoms with Gasteiger partial charge in [0.2, 0.25) is 0 Å². The molecule has 0 aromatic carbocycles. The first-order valence-corrected chi connectivity index (χ1v) is 9.48. The van der Waals surface area contributed by atoms with Gasteiger partial charge in [0.05, 0.1) is 24.4 Å². The molecule has 1 heterocycles. The predicted octanol–water partition coefficient (Wildman–Crippen LogP) is 1.59. The summed E-state index contributed by atoms with van der Waals surface area (Å²) in [4.78, 5) is 11.7. The SMILES string of the molecule is CC(C)C(C)C(=O)OCCOC1C2CC(C)C1OS(=O)(=O)C2. The average molecular weight is 334 g/mol. The van der Waals surface area contributed by atoms with Crippen LogP contribution in [0.1, 0.15) is 34.1 Å². The van der Waals surface area contributed by atoms with Crippen molar-refractivity contribution in [2.45, 2.75) is 46.3 Å². The summed E-state index contributed by atoms with van der Waals surface area (Å²) in [5.41, 5.74) is 0. The van der Waals surface area contributed by atoms with Crippen molar-refractivity contribution in [3.8, 4) is 0 Å². The van der Waals surface area contributed by atoms with Crippen molar-refractivity contribution >= 4 is 16.1 Å². The molecule has 1 saturated carbocycles. The fourth-order valence-electron chi connectivity index (χ4n) is 3.08. The Morgan fingerprint density at radius 3 is 2.55 bits per heavy atom. The van der Waals surface area contributed by atoms with Gasteiger partial charge in [0.15, 0.2) is 0 Å². The molecule has 0 aromatic rings. The van der Waals surface area contributed by atoms with Crippen LogP contribution in [0.25, 0.3) is 0 Å². The minimum absolute atomic E-state index is 0.0165. The molecule has 22 heavy (non-hydrogen) atoms. The van der Waals surface area contributed by atoms with Gasteiger partial charge in [-0.25, -0.2) is 0 Å². The highest BCUT2D eigenvalue weighted by atomic mass is 32.2. The fraction of sp³-hybridized carbons (Fsp3) is 0.933. The monoisotopic (exact) mass is 334 g/mol. The molecule has 6 nitrogen and oxygen atoms in total. The molecule has 0 amide bonds. The first kappa shape index (κ1) is 17.7. The molecule has 2 aliphatic rings. The van der Waals surface area contributed by atoms with Gasteiger partial charge in [-0.15, -0.1) is 0 Å². The second kappa shape index (κ2) is 6.84. The first-order chi connectivity index (χ1) is 10.2. The highest BCUT2D eigenvalue weighted by Crippen LogP contribution is 2.41. The Morgan fingerprint density at radius 1 is 1.27 bits per heavy atom. The van der Waals surface area contributed by atoms with Crippen molar-refractivity contribution < 1.29 is 26.9 Å². The molecule has 2 fully saturated rings. The smallest absolute Gasteiger partial charge is 0.308 e. The molecule has 1 aliphatic carbocycles.